The lowest BCUT2D eigenvalue weighted by atomic mass is 9.83. The molecule has 0 unspecified atom stereocenters. The molecular weight excluding hydrogens is 302 g/mol. The quantitative estimate of drug-likeness (QED) is 0.532. The molecule has 0 amide bonds. The van der Waals surface area contributed by atoms with Gasteiger partial charge in [-0.15, -0.1) is 6.58 Å². The molecule has 0 radical (unpaired) electrons. The molecule has 0 N–H and O–H groups in total. The number of benzene rings is 1. The van der Waals surface area contributed by atoms with Gasteiger partial charge in [0.15, 0.2) is 0 Å². The topological polar surface area (TPSA) is 35.5 Å². The second-order valence-corrected chi connectivity index (χ2v) is 5.74. The van der Waals surface area contributed by atoms with Crippen LogP contribution in [0.1, 0.15) is 50.0 Å². The van der Waals surface area contributed by atoms with Crippen molar-refractivity contribution in [1.29, 1.82) is 0 Å². The van der Waals surface area contributed by atoms with Crippen LogP contribution in [-0.2, 0) is 9.53 Å². The summed E-state index contributed by atoms with van der Waals surface area (Å²) in [6.07, 6.45) is 6.24. The maximum atomic E-state index is 12.1. The Morgan fingerprint density at radius 1 is 1.22 bits per heavy atom. The van der Waals surface area contributed by atoms with Crippen molar-refractivity contribution in [3.05, 3.63) is 42.5 Å². The predicted octanol–water partition coefficient (Wildman–Crippen LogP) is 4.82. The van der Waals surface area contributed by atoms with E-state index in [1.165, 1.54) is 0 Å². The molecule has 5 heteroatoms. The minimum Gasteiger partial charge on any atom is -0.462 e. The number of allylic oxidation sites excluding steroid dienone is 1. The van der Waals surface area contributed by atoms with Crippen LogP contribution in [0.3, 0.4) is 0 Å². The molecule has 3 nitrogen and oxygen atoms in total. The third-order valence-electron chi connectivity index (χ3n) is 4.10. The summed E-state index contributed by atoms with van der Waals surface area (Å²) in [6.45, 7) is 0.788. The molecule has 23 heavy (non-hydrogen) atoms. The van der Waals surface area contributed by atoms with E-state index < -0.39 is 6.61 Å². The molecule has 1 saturated carbocycles. The van der Waals surface area contributed by atoms with Crippen molar-refractivity contribution in [2.45, 2.75) is 57.2 Å². The Bertz CT molecular complexity index is 506. The standard InChI is InChI=1S/C18H22F2O3/c1-2-3-4-17(21)22-15-9-5-13(6-10-15)14-7-11-16(12-8-14)23-18(19)20/h2,7-8,11-13,15,18H,1,3-6,9-10H2. The summed E-state index contributed by atoms with van der Waals surface area (Å²) in [4.78, 5) is 11.6. The van der Waals surface area contributed by atoms with E-state index in [1.807, 2.05) is 12.1 Å². The smallest absolute Gasteiger partial charge is 0.387 e. The third kappa shape index (κ3) is 5.66. The zero-order valence-corrected chi connectivity index (χ0v) is 13.0. The summed E-state index contributed by atoms with van der Waals surface area (Å²) in [5, 5.41) is 0. The summed E-state index contributed by atoms with van der Waals surface area (Å²) < 4.78 is 34.1. The van der Waals surface area contributed by atoms with Crippen LogP contribution < -0.4 is 4.74 Å². The summed E-state index contributed by atoms with van der Waals surface area (Å²) in [7, 11) is 0. The molecule has 1 aromatic rings. The minimum atomic E-state index is -2.80. The first-order valence-electron chi connectivity index (χ1n) is 7.93. The van der Waals surface area contributed by atoms with Crippen molar-refractivity contribution in [3.63, 3.8) is 0 Å². The highest BCUT2D eigenvalue weighted by atomic mass is 19.3. The maximum Gasteiger partial charge on any atom is 0.387 e. The number of ether oxygens (including phenoxy) is 2. The van der Waals surface area contributed by atoms with E-state index in [-0.39, 0.29) is 17.8 Å². The molecule has 1 aromatic carbocycles. The van der Waals surface area contributed by atoms with Crippen molar-refractivity contribution < 1.29 is 23.0 Å². The minimum absolute atomic E-state index is 0.00925. The molecule has 126 valence electrons. The Balaban J connectivity index is 1.79. The number of rotatable bonds is 7. The molecule has 1 fully saturated rings. The Labute approximate surface area is 135 Å². The molecule has 0 spiro atoms. The van der Waals surface area contributed by atoms with Crippen LogP contribution in [-0.4, -0.2) is 18.7 Å². The third-order valence-corrected chi connectivity index (χ3v) is 4.10. The fourth-order valence-corrected chi connectivity index (χ4v) is 2.90. The first-order valence-corrected chi connectivity index (χ1v) is 7.93. The Morgan fingerprint density at radius 3 is 2.43 bits per heavy atom. The summed E-state index contributed by atoms with van der Waals surface area (Å²) in [6, 6.07) is 6.81. The van der Waals surface area contributed by atoms with Crippen molar-refractivity contribution in [2.24, 2.45) is 0 Å². The van der Waals surface area contributed by atoms with Crippen LogP contribution in [0.4, 0.5) is 8.78 Å². The fraction of sp³-hybridized carbons (Fsp3) is 0.500. The van der Waals surface area contributed by atoms with Gasteiger partial charge in [-0.1, -0.05) is 18.2 Å². The molecule has 0 aliphatic heterocycles. The summed E-state index contributed by atoms with van der Waals surface area (Å²) >= 11 is 0. The van der Waals surface area contributed by atoms with E-state index in [0.717, 1.165) is 31.2 Å². The number of halogens is 2. The van der Waals surface area contributed by atoms with Crippen molar-refractivity contribution in [3.8, 4) is 5.75 Å². The van der Waals surface area contributed by atoms with Gasteiger partial charge in [0.2, 0.25) is 0 Å². The zero-order valence-electron chi connectivity index (χ0n) is 13.0. The van der Waals surface area contributed by atoms with Crippen LogP contribution in [0.5, 0.6) is 5.75 Å². The highest BCUT2D eigenvalue weighted by Gasteiger charge is 2.24. The van der Waals surface area contributed by atoms with Crippen LogP contribution in [0, 0.1) is 0 Å². The van der Waals surface area contributed by atoms with E-state index in [4.69, 9.17) is 4.74 Å². The van der Waals surface area contributed by atoms with Gasteiger partial charge >= 0.3 is 12.6 Å². The second-order valence-electron chi connectivity index (χ2n) is 5.74. The zero-order chi connectivity index (χ0) is 16.7. The van der Waals surface area contributed by atoms with Crippen molar-refractivity contribution in [2.75, 3.05) is 0 Å². The average molecular weight is 324 g/mol. The number of carbonyl (C=O) groups is 1. The maximum absolute atomic E-state index is 12.1. The molecule has 0 heterocycles. The molecule has 0 saturated heterocycles. The Morgan fingerprint density at radius 2 is 1.87 bits per heavy atom. The van der Waals surface area contributed by atoms with Gasteiger partial charge in [-0.05, 0) is 55.7 Å². The van der Waals surface area contributed by atoms with Crippen molar-refractivity contribution in [1.82, 2.24) is 0 Å². The average Bonchev–Trinajstić information content (AvgIpc) is 2.54. The monoisotopic (exact) mass is 324 g/mol. The van der Waals surface area contributed by atoms with Gasteiger partial charge < -0.3 is 9.47 Å². The SMILES string of the molecule is C=CCCC(=O)OC1CCC(c2ccc(OC(F)F)cc2)CC1. The molecule has 1 aliphatic carbocycles. The first-order chi connectivity index (χ1) is 11.1. The number of hydrogen-bond acceptors (Lipinski definition) is 3. The lowest BCUT2D eigenvalue weighted by Crippen LogP contribution is -2.23. The highest BCUT2D eigenvalue weighted by molar-refractivity contribution is 5.69. The van der Waals surface area contributed by atoms with Gasteiger partial charge in [-0.2, -0.15) is 8.78 Å². The number of alkyl halides is 2. The number of carbonyl (C=O) groups excluding carboxylic acids is 1. The molecule has 0 aromatic heterocycles. The van der Waals surface area contributed by atoms with Crippen LogP contribution in [0.15, 0.2) is 36.9 Å². The Hall–Kier alpha value is -1.91. The van der Waals surface area contributed by atoms with E-state index >= 15 is 0 Å². The van der Waals surface area contributed by atoms with E-state index in [2.05, 4.69) is 11.3 Å². The fourth-order valence-electron chi connectivity index (χ4n) is 2.90. The first kappa shape index (κ1) is 17.4. The highest BCUT2D eigenvalue weighted by Crippen LogP contribution is 2.34. The molecule has 2 rings (SSSR count). The molecule has 0 atom stereocenters. The lowest BCUT2D eigenvalue weighted by molar-refractivity contribution is -0.150. The summed E-state index contributed by atoms with van der Waals surface area (Å²) in [5.74, 6) is 0.383. The van der Waals surface area contributed by atoms with E-state index in [9.17, 15) is 13.6 Å². The molecule has 0 bridgehead atoms. The van der Waals surface area contributed by atoms with E-state index in [1.54, 1.807) is 18.2 Å². The van der Waals surface area contributed by atoms with Gasteiger partial charge in [-0.25, -0.2) is 0 Å². The number of esters is 1. The number of hydrogen-bond donors (Lipinski definition) is 0. The second kappa shape index (κ2) is 8.65. The predicted molar refractivity (Wildman–Crippen MR) is 83.6 cm³/mol. The van der Waals surface area contributed by atoms with Gasteiger partial charge in [0, 0.05) is 6.42 Å². The van der Waals surface area contributed by atoms with Crippen LogP contribution in [0.2, 0.25) is 0 Å². The van der Waals surface area contributed by atoms with Gasteiger partial charge in [0.25, 0.3) is 0 Å². The Kier molecular flexibility index (Phi) is 6.56. The molecule has 1 aliphatic rings. The van der Waals surface area contributed by atoms with Gasteiger partial charge in [-0.3, -0.25) is 4.79 Å². The van der Waals surface area contributed by atoms with Crippen molar-refractivity contribution >= 4 is 5.97 Å². The lowest BCUT2D eigenvalue weighted by Gasteiger charge is -2.28. The molecular formula is C18H22F2O3. The van der Waals surface area contributed by atoms with Crippen LogP contribution in [0.25, 0.3) is 0 Å². The largest absolute Gasteiger partial charge is 0.462 e. The normalized spacial score (nSPS) is 21.0. The van der Waals surface area contributed by atoms with Gasteiger partial charge in [0.05, 0.1) is 0 Å². The van der Waals surface area contributed by atoms with Gasteiger partial charge in [0.1, 0.15) is 11.9 Å². The summed E-state index contributed by atoms with van der Waals surface area (Å²) in [5.41, 5.74) is 1.11. The van der Waals surface area contributed by atoms with Crippen LogP contribution >= 0.6 is 0 Å². The van der Waals surface area contributed by atoms with E-state index in [0.29, 0.717) is 18.8 Å².